The number of fused-ring (bicyclic) bond motifs is 9. The van der Waals surface area contributed by atoms with Crippen LogP contribution in [0.3, 0.4) is 0 Å². The number of nitrogens with zero attached hydrogens (tertiary/aromatic N) is 2. The Bertz CT molecular complexity index is 3400. The van der Waals surface area contributed by atoms with Gasteiger partial charge in [-0.25, -0.2) is 0 Å². The lowest BCUT2D eigenvalue weighted by Gasteiger charge is -2.48. The van der Waals surface area contributed by atoms with E-state index in [1.807, 2.05) is 11.3 Å². The fourth-order valence-corrected chi connectivity index (χ4v) is 15.3. The van der Waals surface area contributed by atoms with Crippen molar-refractivity contribution in [3.63, 3.8) is 0 Å². The van der Waals surface area contributed by atoms with Gasteiger partial charge >= 0.3 is 0 Å². The maximum Gasteiger partial charge on any atom is 0.264 e. The molecular formula is C67H77BN2S. The quantitative estimate of drug-likeness (QED) is 0.163. The highest BCUT2D eigenvalue weighted by atomic mass is 32.1. The van der Waals surface area contributed by atoms with E-state index in [2.05, 4.69) is 224 Å². The molecule has 0 bridgehead atoms. The van der Waals surface area contributed by atoms with Gasteiger partial charge in [0, 0.05) is 43.3 Å². The minimum atomic E-state index is 0.00105. The maximum atomic E-state index is 2.75. The number of rotatable bonds is 3. The van der Waals surface area contributed by atoms with Gasteiger partial charge in [0.05, 0.1) is 5.69 Å². The molecule has 5 aliphatic rings. The van der Waals surface area contributed by atoms with E-state index in [0.717, 1.165) is 0 Å². The molecule has 2 nitrogen and oxygen atoms in total. The van der Waals surface area contributed by atoms with Crippen LogP contribution in [0.15, 0.2) is 103 Å². The molecule has 0 spiro atoms. The van der Waals surface area contributed by atoms with Crippen LogP contribution >= 0.6 is 11.3 Å². The third-order valence-corrected chi connectivity index (χ3v) is 20.4. The Labute approximate surface area is 431 Å². The lowest BCUT2D eigenvalue weighted by Crippen LogP contribution is -2.61. The van der Waals surface area contributed by atoms with E-state index >= 15 is 0 Å². The molecule has 0 unspecified atom stereocenters. The van der Waals surface area contributed by atoms with Gasteiger partial charge in [0.2, 0.25) is 0 Å². The topological polar surface area (TPSA) is 6.48 Å². The summed E-state index contributed by atoms with van der Waals surface area (Å²) in [5, 5.41) is 1.37. The van der Waals surface area contributed by atoms with Gasteiger partial charge in [-0.3, -0.25) is 0 Å². The summed E-state index contributed by atoms with van der Waals surface area (Å²) in [6.07, 6.45) is 7.11. The van der Waals surface area contributed by atoms with E-state index in [1.165, 1.54) is 154 Å². The normalized spacial score (nSPS) is 20.4. The molecule has 6 aromatic carbocycles. The first-order valence-electron chi connectivity index (χ1n) is 27.1. The van der Waals surface area contributed by atoms with Crippen LogP contribution in [0, 0.1) is 6.92 Å². The van der Waals surface area contributed by atoms with Crippen molar-refractivity contribution in [1.29, 1.82) is 0 Å². The minimum absolute atomic E-state index is 0.00105. The van der Waals surface area contributed by atoms with Crippen molar-refractivity contribution in [3.05, 3.63) is 148 Å². The monoisotopic (exact) mass is 953 g/mol. The Morgan fingerprint density at radius 1 is 0.479 bits per heavy atom. The lowest BCUT2D eigenvalue weighted by atomic mass is 9.35. The van der Waals surface area contributed by atoms with Crippen molar-refractivity contribution in [3.8, 4) is 11.1 Å². The largest absolute Gasteiger partial charge is 0.311 e. The van der Waals surface area contributed by atoms with Crippen LogP contribution < -0.4 is 25.5 Å². The molecule has 0 radical (unpaired) electrons. The van der Waals surface area contributed by atoms with E-state index < -0.39 is 0 Å². The average molecular weight is 953 g/mol. The van der Waals surface area contributed by atoms with Gasteiger partial charge in [-0.2, -0.15) is 0 Å². The summed E-state index contributed by atoms with van der Waals surface area (Å²) in [6, 6.07) is 42.3. The zero-order valence-electron chi connectivity index (χ0n) is 45.9. The van der Waals surface area contributed by atoms with E-state index in [0.29, 0.717) is 0 Å². The molecule has 0 amide bonds. The first kappa shape index (κ1) is 47.0. The zero-order chi connectivity index (χ0) is 50.3. The molecule has 12 rings (SSSR count). The number of hydrogen-bond donors (Lipinski definition) is 0. The standard InChI is InChI=1S/C67H77BN2S/c1-40-19-17-18-20-45(40)41-33-55-58-56(34-41)70(44-23-25-48-50(37-44)65(11,12)30-28-63(48,7)8)59-46-35-42(61(2,3)4)21-26-57(46)71-60(59)68(58)53-38-51-52(67(15,16)32-31-66(51,13)14)39-54(53)69(55)43-22-24-47-49(36-43)64(9,10)29-27-62(47,5)6/h17-26,33-39H,27-32H2,1-16H3. The summed E-state index contributed by atoms with van der Waals surface area (Å²) in [7, 11) is 0. The molecule has 3 heterocycles. The summed E-state index contributed by atoms with van der Waals surface area (Å²) in [5.41, 5.74) is 25.5. The molecule has 364 valence electrons. The van der Waals surface area contributed by atoms with E-state index in [4.69, 9.17) is 0 Å². The van der Waals surface area contributed by atoms with Crippen LogP contribution in [0.5, 0.6) is 0 Å². The third kappa shape index (κ3) is 6.98. The molecule has 3 aliphatic carbocycles. The molecule has 0 saturated heterocycles. The van der Waals surface area contributed by atoms with Crippen molar-refractivity contribution < 1.29 is 0 Å². The summed E-state index contributed by atoms with van der Waals surface area (Å²) in [4.78, 5) is 5.50. The van der Waals surface area contributed by atoms with Gasteiger partial charge in [0.15, 0.2) is 0 Å². The summed E-state index contributed by atoms with van der Waals surface area (Å²) in [5.74, 6) is 0. The van der Waals surface area contributed by atoms with E-state index in [1.54, 1.807) is 0 Å². The molecule has 0 N–H and O–H groups in total. The van der Waals surface area contributed by atoms with Crippen molar-refractivity contribution in [2.75, 3.05) is 9.80 Å². The highest BCUT2D eigenvalue weighted by Gasteiger charge is 2.49. The molecule has 4 heteroatoms. The zero-order valence-corrected chi connectivity index (χ0v) is 46.8. The number of aryl methyl sites for hydroxylation is 1. The minimum Gasteiger partial charge on any atom is -0.311 e. The molecular weight excluding hydrogens is 876 g/mol. The predicted molar refractivity (Wildman–Crippen MR) is 311 cm³/mol. The molecule has 7 aromatic rings. The van der Waals surface area contributed by atoms with Gasteiger partial charge in [-0.1, -0.05) is 152 Å². The Hall–Kier alpha value is -5.06. The summed E-state index contributed by atoms with van der Waals surface area (Å²) in [6.45, 7) is 39.3. The number of hydrogen-bond acceptors (Lipinski definition) is 3. The Morgan fingerprint density at radius 2 is 0.958 bits per heavy atom. The van der Waals surface area contributed by atoms with Gasteiger partial charge < -0.3 is 9.80 Å². The average Bonchev–Trinajstić information content (AvgIpc) is 3.69. The van der Waals surface area contributed by atoms with E-state index in [-0.39, 0.29) is 44.6 Å². The molecule has 1 aromatic heterocycles. The summed E-state index contributed by atoms with van der Waals surface area (Å²) < 4.78 is 2.83. The Morgan fingerprint density at radius 3 is 1.49 bits per heavy atom. The molecule has 0 fully saturated rings. The Balaban J connectivity index is 1.25. The van der Waals surface area contributed by atoms with Crippen LogP contribution in [0.2, 0.25) is 0 Å². The molecule has 71 heavy (non-hydrogen) atoms. The van der Waals surface area contributed by atoms with Crippen molar-refractivity contribution in [2.24, 2.45) is 0 Å². The van der Waals surface area contributed by atoms with Crippen LogP contribution in [-0.2, 0) is 37.9 Å². The van der Waals surface area contributed by atoms with Crippen molar-refractivity contribution >= 4 is 78.0 Å². The van der Waals surface area contributed by atoms with Crippen molar-refractivity contribution in [1.82, 2.24) is 0 Å². The lowest BCUT2D eigenvalue weighted by molar-refractivity contribution is 0.332. The molecule has 0 atom stereocenters. The van der Waals surface area contributed by atoms with Gasteiger partial charge in [0.25, 0.3) is 6.71 Å². The smallest absolute Gasteiger partial charge is 0.264 e. The number of benzene rings is 6. The first-order chi connectivity index (χ1) is 33.2. The molecule has 0 saturated carbocycles. The van der Waals surface area contributed by atoms with Crippen LogP contribution in [0.1, 0.15) is 187 Å². The SMILES string of the molecule is Cc1ccccc1-c1cc2c3c(c1)N(c1ccc4c(c1)C(C)(C)CCC4(C)C)c1c(sc4ccc(C(C)(C)C)cc14)B3c1cc3c(cc1N2c1ccc2c(c1)C(C)(C)CCC2(C)C)C(C)(C)CCC3(C)C. The molecule has 2 aliphatic heterocycles. The third-order valence-electron chi connectivity index (χ3n) is 19.1. The van der Waals surface area contributed by atoms with Gasteiger partial charge in [-0.15, -0.1) is 11.3 Å². The van der Waals surface area contributed by atoms with Crippen LogP contribution in [0.4, 0.5) is 34.1 Å². The van der Waals surface area contributed by atoms with Gasteiger partial charge in [0.1, 0.15) is 0 Å². The Kier molecular flexibility index (Phi) is 9.94. The highest BCUT2D eigenvalue weighted by molar-refractivity contribution is 7.33. The highest BCUT2D eigenvalue weighted by Crippen LogP contribution is 2.56. The first-order valence-corrected chi connectivity index (χ1v) is 27.9. The summed E-state index contributed by atoms with van der Waals surface area (Å²) >= 11 is 2.04. The van der Waals surface area contributed by atoms with Crippen molar-refractivity contribution in [2.45, 2.75) is 187 Å². The number of thiophene rings is 1. The van der Waals surface area contributed by atoms with E-state index in [9.17, 15) is 0 Å². The van der Waals surface area contributed by atoms with Gasteiger partial charge in [-0.05, 0) is 205 Å². The predicted octanol–water partition coefficient (Wildman–Crippen LogP) is 17.3. The van der Waals surface area contributed by atoms with Crippen LogP contribution in [-0.4, -0.2) is 6.71 Å². The maximum absolute atomic E-state index is 2.75. The second-order valence-corrected chi connectivity index (χ2v) is 28.9. The fraction of sp³-hybridized carbons (Fsp3) is 0.433. The fourth-order valence-electron chi connectivity index (χ4n) is 14.0. The second kappa shape index (κ2) is 15.0. The van der Waals surface area contributed by atoms with Crippen LogP contribution in [0.25, 0.3) is 21.2 Å². The second-order valence-electron chi connectivity index (χ2n) is 27.8. The number of anilines is 6.